The predicted molar refractivity (Wildman–Crippen MR) is 96.2 cm³/mol. The summed E-state index contributed by atoms with van der Waals surface area (Å²) in [5.41, 5.74) is 0. The molecular weight excluding hydrogens is 913 g/mol. The molecule has 0 bridgehead atoms. The van der Waals surface area contributed by atoms with Crippen LogP contribution in [-0.2, 0) is 4.43 Å². The first kappa shape index (κ1) is 51.7. The van der Waals surface area contributed by atoms with Gasteiger partial charge in [0.2, 0.25) is 0 Å². The van der Waals surface area contributed by atoms with Crippen molar-refractivity contribution in [1.82, 2.24) is 0 Å². The van der Waals surface area contributed by atoms with Gasteiger partial charge >= 0.3 is 101 Å². The second kappa shape index (κ2) is 12.4. The molecule has 0 unspecified atom stereocenters. The Labute approximate surface area is 271 Å². The Morgan fingerprint density at radius 2 is 0.296 bits per heavy atom. The highest BCUT2D eigenvalue weighted by Gasteiger charge is 3.02. The van der Waals surface area contributed by atoms with Crippen molar-refractivity contribution >= 4 is 10.5 Å². The van der Waals surface area contributed by atoms with Gasteiger partial charge in [-0.25, -0.2) is 0 Å². The highest BCUT2D eigenvalue weighted by atomic mass is 28.2. The van der Waals surface area contributed by atoms with E-state index in [0.29, 0.717) is 0 Å². The molecule has 0 rings (SSSR count). The van der Waals surface area contributed by atoms with Crippen LogP contribution in [0.1, 0.15) is 0 Å². The largest absolute Gasteiger partial charge is 0.460 e. The minimum Gasteiger partial charge on any atom is -0.369 e. The first-order chi connectivity index (χ1) is 22.6. The molecule has 326 valence electrons. The van der Waals surface area contributed by atoms with Gasteiger partial charge in [0.05, 0.1) is 0 Å². The molecule has 0 spiro atoms. The molecule has 0 atom stereocenters. The normalized spacial score (nSPS) is 17.4. The first-order valence-electron chi connectivity index (χ1n) is 11.2. The van der Waals surface area contributed by atoms with Gasteiger partial charge in [0, 0.05) is 0 Å². The molecule has 0 aliphatic rings. The summed E-state index contributed by atoms with van der Waals surface area (Å²) in [6, 6.07) is 0. The highest BCUT2D eigenvalue weighted by molar-refractivity contribution is 5.98. The molecule has 0 N–H and O–H groups in total. The topological polar surface area (TPSA) is 9.23 Å². The maximum atomic E-state index is 13.8. The first-order valence-corrected chi connectivity index (χ1v) is 12.0. The van der Waals surface area contributed by atoms with Crippen LogP contribution in [-0.4, -0.2) is 112 Å². The van der Waals surface area contributed by atoms with E-state index < -0.39 is 112 Å². The van der Waals surface area contributed by atoms with E-state index in [2.05, 4.69) is 4.43 Å². The van der Waals surface area contributed by atoms with Gasteiger partial charge < -0.3 is 4.43 Å². The summed E-state index contributed by atoms with van der Waals surface area (Å²) in [7, 11) is -2.10. The van der Waals surface area contributed by atoms with Gasteiger partial charge in [-0.1, -0.05) is 0 Å². The Kier molecular flexibility index (Phi) is 11.8. The van der Waals surface area contributed by atoms with Crippen molar-refractivity contribution in [2.75, 3.05) is 0 Å². The maximum absolute atomic E-state index is 13.8. The lowest BCUT2D eigenvalue weighted by molar-refractivity contribution is -0.494. The third-order valence-corrected chi connectivity index (χ3v) is 7.01. The zero-order chi connectivity index (χ0) is 45.2. The summed E-state index contributed by atoms with van der Waals surface area (Å²) in [4.78, 5) is 0. The van der Waals surface area contributed by atoms with Crippen molar-refractivity contribution in [3.8, 4) is 0 Å². The number of halogens is 35. The fraction of sp³-hybridized carbons (Fsp3) is 1.00. The Hall–Kier alpha value is -2.27. The molecular formula is C17H3F35OSi. The molecule has 1 nitrogen and oxygen atoms in total. The van der Waals surface area contributed by atoms with Crippen LogP contribution >= 0.6 is 0 Å². The van der Waals surface area contributed by atoms with Gasteiger partial charge in [-0.3, -0.25) is 0 Å². The lowest BCUT2D eigenvalue weighted by atomic mass is 9.82. The van der Waals surface area contributed by atoms with Gasteiger partial charge in [0.15, 0.2) is 10.5 Å². The smallest absolute Gasteiger partial charge is 0.369 e. The molecule has 0 aromatic carbocycles. The lowest BCUT2D eigenvalue weighted by Gasteiger charge is -2.47. The molecule has 0 heterocycles. The Morgan fingerprint density at radius 1 is 0.185 bits per heavy atom. The zero-order valence-electron chi connectivity index (χ0n) is 23.1. The van der Waals surface area contributed by atoms with Crippen molar-refractivity contribution < 1.29 is 158 Å². The number of hydrogen-bond acceptors (Lipinski definition) is 1. The van der Waals surface area contributed by atoms with Crippen LogP contribution in [0.15, 0.2) is 0 Å². The summed E-state index contributed by atoms with van der Waals surface area (Å²) in [6.07, 6.45) is -15.8. The monoisotopic (exact) mass is 916 g/mol. The lowest BCUT2D eigenvalue weighted by Crippen LogP contribution is -2.80. The van der Waals surface area contributed by atoms with Crippen molar-refractivity contribution in [3.63, 3.8) is 0 Å². The van der Waals surface area contributed by atoms with E-state index in [1.807, 2.05) is 0 Å². The molecule has 0 amide bonds. The van der Waals surface area contributed by atoms with Crippen molar-refractivity contribution in [2.24, 2.45) is 0 Å². The summed E-state index contributed by atoms with van der Waals surface area (Å²) in [6.45, 7) is 0. The molecule has 0 saturated heterocycles. The number of rotatable bonds is 16. The SMILES string of the molecule is FC(F)(F)C(F)(F)C(F)(F)C(F)(F)C(F)(F)C(F)(F)C(F)(F)C(F)(F)C(F)(F)C(F)(F)C(F)(F)C(F)(F)C(F)(F)C(F)(F)C(F)(F)C(F)(F)C(F)(F)O[SiH3]. The minimum absolute atomic E-state index is 2.10. The van der Waals surface area contributed by atoms with E-state index in [4.69, 9.17) is 0 Å². The second-order valence-electron chi connectivity index (χ2n) is 9.83. The molecule has 0 aromatic heterocycles. The van der Waals surface area contributed by atoms with E-state index in [1.54, 1.807) is 0 Å². The summed E-state index contributed by atoms with van der Waals surface area (Å²) in [5.74, 6) is -147. The van der Waals surface area contributed by atoms with Crippen molar-refractivity contribution in [2.45, 2.75) is 101 Å². The van der Waals surface area contributed by atoms with Crippen molar-refractivity contribution in [3.05, 3.63) is 0 Å². The average Bonchev–Trinajstić information content (AvgIpc) is 2.94. The van der Waals surface area contributed by atoms with Gasteiger partial charge in [0.25, 0.3) is 0 Å². The second-order valence-corrected chi connectivity index (χ2v) is 10.2. The third-order valence-electron chi connectivity index (χ3n) is 6.50. The highest BCUT2D eigenvalue weighted by Crippen LogP contribution is 2.70. The van der Waals surface area contributed by atoms with E-state index in [1.165, 1.54) is 0 Å². The number of hydrogen-bond donors (Lipinski definition) is 0. The van der Waals surface area contributed by atoms with Crippen LogP contribution in [0.2, 0.25) is 0 Å². The van der Waals surface area contributed by atoms with Crippen LogP contribution < -0.4 is 0 Å². The Bertz CT molecular complexity index is 1370. The molecule has 37 heteroatoms. The van der Waals surface area contributed by atoms with Crippen molar-refractivity contribution in [1.29, 1.82) is 0 Å². The van der Waals surface area contributed by atoms with Gasteiger partial charge in [-0.05, 0) is 0 Å². The van der Waals surface area contributed by atoms with E-state index in [0.717, 1.165) is 0 Å². The fourth-order valence-electron chi connectivity index (χ4n) is 3.05. The maximum Gasteiger partial charge on any atom is 0.460 e. The van der Waals surface area contributed by atoms with Gasteiger partial charge in [0.1, 0.15) is 0 Å². The van der Waals surface area contributed by atoms with Gasteiger partial charge in [-0.15, -0.1) is 0 Å². The fourth-order valence-corrected chi connectivity index (χ4v) is 3.31. The van der Waals surface area contributed by atoms with Crippen LogP contribution in [0, 0.1) is 0 Å². The third kappa shape index (κ3) is 5.64. The standard InChI is InChI=1S/C17H3F35OSi/c18-1(19,2(20,21)4(24,25)6(28,29)8(32,33)10(36,37)12(40,41)14(44,45)16(48,49)50)3(22,23)5(26,27)7(30,31)9(34,35)11(38,39)13(42,43)15(46,47)17(51,52)53-54/h54H3. The van der Waals surface area contributed by atoms with Crippen LogP contribution in [0.4, 0.5) is 154 Å². The average molecular weight is 916 g/mol. The quantitative estimate of drug-likeness (QED) is 0.111. The molecule has 0 saturated carbocycles. The van der Waals surface area contributed by atoms with E-state index in [-0.39, 0.29) is 0 Å². The van der Waals surface area contributed by atoms with Gasteiger partial charge in [-0.2, -0.15) is 154 Å². The predicted octanol–water partition coefficient (Wildman–Crippen LogP) is 9.97. The van der Waals surface area contributed by atoms with Crippen LogP contribution in [0.5, 0.6) is 0 Å². The summed E-state index contributed by atoms with van der Waals surface area (Å²) < 4.78 is 471. The minimum atomic E-state index is -10.3. The van der Waals surface area contributed by atoms with E-state index in [9.17, 15) is 154 Å². The molecule has 0 fully saturated rings. The molecule has 0 radical (unpaired) electrons. The molecule has 54 heavy (non-hydrogen) atoms. The Balaban J connectivity index is 7.79. The number of alkyl halides is 35. The molecule has 0 aliphatic carbocycles. The zero-order valence-corrected chi connectivity index (χ0v) is 25.1. The van der Waals surface area contributed by atoms with Crippen LogP contribution in [0.3, 0.4) is 0 Å². The van der Waals surface area contributed by atoms with E-state index >= 15 is 0 Å². The van der Waals surface area contributed by atoms with Crippen LogP contribution in [0.25, 0.3) is 0 Å². The molecule has 0 aromatic rings. The summed E-state index contributed by atoms with van der Waals surface area (Å²) in [5, 5.41) is 0. The molecule has 0 aliphatic heterocycles. The Morgan fingerprint density at radius 3 is 0.407 bits per heavy atom. The summed E-state index contributed by atoms with van der Waals surface area (Å²) >= 11 is 0.